The lowest BCUT2D eigenvalue weighted by Gasteiger charge is -2.14. The number of halogens is 1. The zero-order valence-electron chi connectivity index (χ0n) is 16.9. The summed E-state index contributed by atoms with van der Waals surface area (Å²) in [7, 11) is 0. The van der Waals surface area contributed by atoms with Gasteiger partial charge in [-0.3, -0.25) is 9.59 Å². The second kappa shape index (κ2) is 7.98. The number of nitrogens with zero attached hydrogens (tertiary/aromatic N) is 4. The molecular weight excluding hydrogens is 373 g/mol. The van der Waals surface area contributed by atoms with Gasteiger partial charge in [-0.15, -0.1) is 0 Å². The average molecular weight is 397 g/mol. The SMILES string of the molecule is CCCn1nc(C(=O)Nc2cc(C(C)(C)C)nn2-c2ccc(F)cc2)ccc1=O. The molecule has 2 heterocycles. The van der Waals surface area contributed by atoms with Gasteiger partial charge in [0.1, 0.15) is 17.3 Å². The molecule has 0 spiro atoms. The molecule has 0 saturated carbocycles. The number of hydrogen-bond donors (Lipinski definition) is 1. The van der Waals surface area contributed by atoms with Gasteiger partial charge in [-0.25, -0.2) is 13.8 Å². The molecular formula is C21H24FN5O2. The van der Waals surface area contributed by atoms with Crippen molar-refractivity contribution >= 4 is 11.7 Å². The number of carbonyl (C=O) groups excluding carboxylic acids is 1. The lowest BCUT2D eigenvalue weighted by atomic mass is 9.92. The molecule has 1 amide bonds. The quantitative estimate of drug-likeness (QED) is 0.714. The fourth-order valence-electron chi connectivity index (χ4n) is 2.74. The average Bonchev–Trinajstić information content (AvgIpc) is 3.08. The van der Waals surface area contributed by atoms with Gasteiger partial charge < -0.3 is 5.32 Å². The third-order valence-electron chi connectivity index (χ3n) is 4.33. The first-order valence-electron chi connectivity index (χ1n) is 9.45. The van der Waals surface area contributed by atoms with Crippen LogP contribution in [0.15, 0.2) is 47.3 Å². The molecule has 152 valence electrons. The Kier molecular flexibility index (Phi) is 5.63. The van der Waals surface area contributed by atoms with E-state index in [-0.39, 0.29) is 22.5 Å². The van der Waals surface area contributed by atoms with E-state index in [1.54, 1.807) is 22.9 Å². The Morgan fingerprint density at radius 2 is 1.79 bits per heavy atom. The van der Waals surface area contributed by atoms with E-state index in [9.17, 15) is 14.0 Å². The molecule has 0 radical (unpaired) electrons. The minimum absolute atomic E-state index is 0.127. The van der Waals surface area contributed by atoms with Crippen molar-refractivity contribution in [3.05, 3.63) is 70.0 Å². The van der Waals surface area contributed by atoms with E-state index in [0.29, 0.717) is 18.1 Å². The number of aromatic nitrogens is 4. The van der Waals surface area contributed by atoms with E-state index in [2.05, 4.69) is 15.5 Å². The van der Waals surface area contributed by atoms with E-state index in [4.69, 9.17) is 0 Å². The molecule has 7 nitrogen and oxygen atoms in total. The van der Waals surface area contributed by atoms with Gasteiger partial charge in [0.2, 0.25) is 0 Å². The first-order chi connectivity index (χ1) is 13.7. The molecule has 0 fully saturated rings. The molecule has 3 rings (SSSR count). The fourth-order valence-corrected chi connectivity index (χ4v) is 2.74. The maximum atomic E-state index is 13.3. The second-order valence-electron chi connectivity index (χ2n) is 7.79. The van der Waals surface area contributed by atoms with Crippen molar-refractivity contribution in [3.63, 3.8) is 0 Å². The molecule has 3 aromatic rings. The largest absolute Gasteiger partial charge is 0.305 e. The monoisotopic (exact) mass is 397 g/mol. The fraction of sp³-hybridized carbons (Fsp3) is 0.333. The first-order valence-corrected chi connectivity index (χ1v) is 9.45. The predicted molar refractivity (Wildman–Crippen MR) is 109 cm³/mol. The number of carbonyl (C=O) groups is 1. The summed E-state index contributed by atoms with van der Waals surface area (Å²) < 4.78 is 16.2. The van der Waals surface area contributed by atoms with E-state index in [1.165, 1.54) is 28.9 Å². The summed E-state index contributed by atoms with van der Waals surface area (Å²) in [5, 5.41) is 11.5. The number of hydrogen-bond acceptors (Lipinski definition) is 4. The van der Waals surface area contributed by atoms with Crippen LogP contribution >= 0.6 is 0 Å². The van der Waals surface area contributed by atoms with Crippen LogP contribution in [0.4, 0.5) is 10.2 Å². The molecule has 0 saturated heterocycles. The smallest absolute Gasteiger partial charge is 0.277 e. The van der Waals surface area contributed by atoms with Crippen LogP contribution in [0, 0.1) is 5.82 Å². The van der Waals surface area contributed by atoms with E-state index < -0.39 is 5.91 Å². The Balaban J connectivity index is 1.98. The van der Waals surface area contributed by atoms with Crippen LogP contribution in [0.25, 0.3) is 5.69 Å². The number of amides is 1. The normalized spacial score (nSPS) is 11.5. The summed E-state index contributed by atoms with van der Waals surface area (Å²) in [6.07, 6.45) is 0.726. The Morgan fingerprint density at radius 1 is 1.10 bits per heavy atom. The lowest BCUT2D eigenvalue weighted by Crippen LogP contribution is -2.26. The number of rotatable bonds is 5. The minimum Gasteiger partial charge on any atom is -0.305 e. The molecule has 29 heavy (non-hydrogen) atoms. The van der Waals surface area contributed by atoms with Gasteiger partial charge >= 0.3 is 0 Å². The van der Waals surface area contributed by atoms with E-state index in [0.717, 1.165) is 12.1 Å². The van der Waals surface area contributed by atoms with Gasteiger partial charge in [-0.05, 0) is 36.8 Å². The predicted octanol–water partition coefficient (Wildman–Crippen LogP) is 3.53. The summed E-state index contributed by atoms with van der Waals surface area (Å²) in [6, 6.07) is 10.4. The molecule has 1 aromatic carbocycles. The topological polar surface area (TPSA) is 81.8 Å². The maximum Gasteiger partial charge on any atom is 0.277 e. The van der Waals surface area contributed by atoms with Crippen molar-refractivity contribution in [2.24, 2.45) is 0 Å². The van der Waals surface area contributed by atoms with Gasteiger partial charge in [0, 0.05) is 24.1 Å². The zero-order valence-corrected chi connectivity index (χ0v) is 16.9. The van der Waals surface area contributed by atoms with Crippen molar-refractivity contribution < 1.29 is 9.18 Å². The van der Waals surface area contributed by atoms with Crippen LogP contribution in [0.3, 0.4) is 0 Å². The third kappa shape index (κ3) is 4.59. The molecule has 0 aliphatic heterocycles. The van der Waals surface area contributed by atoms with Gasteiger partial charge in [-0.1, -0.05) is 27.7 Å². The highest BCUT2D eigenvalue weighted by molar-refractivity contribution is 6.02. The van der Waals surface area contributed by atoms with Crippen LogP contribution in [-0.4, -0.2) is 25.5 Å². The van der Waals surface area contributed by atoms with Gasteiger partial charge in [0.05, 0.1) is 11.4 Å². The van der Waals surface area contributed by atoms with Crippen molar-refractivity contribution in [3.8, 4) is 5.69 Å². The molecule has 0 unspecified atom stereocenters. The lowest BCUT2D eigenvalue weighted by molar-refractivity contribution is 0.101. The van der Waals surface area contributed by atoms with Crippen LogP contribution in [-0.2, 0) is 12.0 Å². The number of anilines is 1. The zero-order chi connectivity index (χ0) is 21.2. The minimum atomic E-state index is -0.460. The van der Waals surface area contributed by atoms with Gasteiger partial charge in [0.25, 0.3) is 11.5 Å². The molecule has 0 atom stereocenters. The Bertz CT molecular complexity index is 1080. The van der Waals surface area contributed by atoms with Gasteiger partial charge in [0.15, 0.2) is 0 Å². The molecule has 0 aliphatic rings. The third-order valence-corrected chi connectivity index (χ3v) is 4.33. The molecule has 0 bridgehead atoms. The Hall–Kier alpha value is -3.29. The van der Waals surface area contributed by atoms with E-state index in [1.807, 2.05) is 27.7 Å². The molecule has 2 aromatic heterocycles. The molecule has 0 aliphatic carbocycles. The number of benzene rings is 1. The summed E-state index contributed by atoms with van der Waals surface area (Å²) >= 11 is 0. The second-order valence-corrected chi connectivity index (χ2v) is 7.79. The highest BCUT2D eigenvalue weighted by atomic mass is 19.1. The first kappa shape index (κ1) is 20.4. The Labute approximate surface area is 168 Å². The molecule has 1 N–H and O–H groups in total. The van der Waals surface area contributed by atoms with Crippen molar-refractivity contribution in [2.45, 2.75) is 46.1 Å². The number of nitrogens with one attached hydrogen (secondary N) is 1. The highest BCUT2D eigenvalue weighted by Gasteiger charge is 2.22. The van der Waals surface area contributed by atoms with Crippen molar-refractivity contribution in [2.75, 3.05) is 5.32 Å². The number of aryl methyl sites for hydroxylation is 1. The van der Waals surface area contributed by atoms with Crippen LogP contribution in [0.2, 0.25) is 0 Å². The summed E-state index contributed by atoms with van der Waals surface area (Å²) in [6.45, 7) is 8.40. The van der Waals surface area contributed by atoms with Crippen LogP contribution < -0.4 is 10.9 Å². The van der Waals surface area contributed by atoms with Crippen LogP contribution in [0.1, 0.15) is 50.3 Å². The summed E-state index contributed by atoms with van der Waals surface area (Å²) in [5.74, 6) is -0.384. The van der Waals surface area contributed by atoms with Crippen molar-refractivity contribution in [1.82, 2.24) is 19.6 Å². The van der Waals surface area contributed by atoms with Gasteiger partial charge in [-0.2, -0.15) is 10.2 Å². The molecule has 8 heteroatoms. The van der Waals surface area contributed by atoms with Crippen LogP contribution in [0.5, 0.6) is 0 Å². The summed E-state index contributed by atoms with van der Waals surface area (Å²) in [5.41, 5.74) is 0.997. The maximum absolute atomic E-state index is 13.3. The summed E-state index contributed by atoms with van der Waals surface area (Å²) in [4.78, 5) is 24.6. The highest BCUT2D eigenvalue weighted by Crippen LogP contribution is 2.26. The van der Waals surface area contributed by atoms with E-state index >= 15 is 0 Å². The van der Waals surface area contributed by atoms with Crippen molar-refractivity contribution in [1.29, 1.82) is 0 Å². The standard InChI is InChI=1S/C21H24FN5O2/c1-5-12-26-19(28)11-10-16(24-26)20(29)23-18-13-17(21(2,3)4)25-27(18)15-8-6-14(22)7-9-15/h6-11,13H,5,12H2,1-4H3,(H,23,29). The Morgan fingerprint density at radius 3 is 2.41 bits per heavy atom.